The Morgan fingerprint density at radius 2 is 2.20 bits per heavy atom. The van der Waals surface area contributed by atoms with Gasteiger partial charge in [-0.15, -0.1) is 0 Å². The summed E-state index contributed by atoms with van der Waals surface area (Å²) in [6.45, 7) is 0. The first-order valence-electron chi connectivity index (χ1n) is 5.64. The summed E-state index contributed by atoms with van der Waals surface area (Å²) in [7, 11) is 3.08. The molecule has 0 aliphatic rings. The summed E-state index contributed by atoms with van der Waals surface area (Å²) in [5.41, 5.74) is 0.0256. The molecule has 8 heteroatoms. The maximum Gasteiger partial charge on any atom is 0.296 e. The molecule has 0 bridgehead atoms. The molecule has 0 aliphatic carbocycles. The van der Waals surface area contributed by atoms with Crippen molar-refractivity contribution in [2.75, 3.05) is 12.4 Å². The number of ether oxygens (including phenoxy) is 1. The number of hydrogen-bond donors (Lipinski definition) is 1. The molecule has 8 nitrogen and oxygen atoms in total. The molecule has 20 heavy (non-hydrogen) atoms. The van der Waals surface area contributed by atoms with Crippen LogP contribution in [0.2, 0.25) is 0 Å². The molecule has 0 atom stereocenters. The topological polar surface area (TPSA) is 99.3 Å². The fourth-order valence-electron chi connectivity index (χ4n) is 1.62. The number of benzene rings is 1. The molecule has 1 amide bonds. The standard InChI is InChI=1S/C12H12N4O4/c1-15-6-5-10(14-15)12(17)13-9-4-3-8(20-2)7-11(9)16(18)19/h3-7H,1-2H3,(H,13,17). The Bertz CT molecular complexity index is 665. The summed E-state index contributed by atoms with van der Waals surface area (Å²) < 4.78 is 6.39. The summed E-state index contributed by atoms with van der Waals surface area (Å²) in [6.07, 6.45) is 1.61. The molecule has 0 fully saturated rings. The summed E-state index contributed by atoms with van der Waals surface area (Å²) in [6, 6.07) is 5.71. The third-order valence-corrected chi connectivity index (χ3v) is 2.60. The zero-order valence-electron chi connectivity index (χ0n) is 10.9. The zero-order chi connectivity index (χ0) is 14.7. The van der Waals surface area contributed by atoms with E-state index in [4.69, 9.17) is 4.74 Å². The van der Waals surface area contributed by atoms with Crippen molar-refractivity contribution in [2.24, 2.45) is 7.05 Å². The van der Waals surface area contributed by atoms with Crippen LogP contribution in [0.5, 0.6) is 5.75 Å². The Balaban J connectivity index is 2.29. The summed E-state index contributed by atoms with van der Waals surface area (Å²) in [4.78, 5) is 22.3. The van der Waals surface area contributed by atoms with Gasteiger partial charge in [0.15, 0.2) is 5.69 Å². The molecule has 1 aromatic heterocycles. The first-order valence-corrected chi connectivity index (χ1v) is 5.64. The van der Waals surface area contributed by atoms with Crippen LogP contribution in [0.3, 0.4) is 0 Å². The fraction of sp³-hybridized carbons (Fsp3) is 0.167. The second-order valence-corrected chi connectivity index (χ2v) is 3.97. The van der Waals surface area contributed by atoms with Gasteiger partial charge < -0.3 is 10.1 Å². The predicted octanol–water partition coefficient (Wildman–Crippen LogP) is 1.59. The minimum absolute atomic E-state index is 0.0893. The van der Waals surface area contributed by atoms with Crippen molar-refractivity contribution >= 4 is 17.3 Å². The molecule has 0 aliphatic heterocycles. The molecular formula is C12H12N4O4. The third kappa shape index (κ3) is 2.74. The number of hydrogen-bond acceptors (Lipinski definition) is 5. The van der Waals surface area contributed by atoms with Gasteiger partial charge in [-0.3, -0.25) is 19.6 Å². The first-order chi connectivity index (χ1) is 9.51. The van der Waals surface area contributed by atoms with Gasteiger partial charge in [0.1, 0.15) is 11.4 Å². The van der Waals surface area contributed by atoms with Crippen molar-refractivity contribution in [1.82, 2.24) is 9.78 Å². The number of aryl methyl sites for hydroxylation is 1. The van der Waals surface area contributed by atoms with Gasteiger partial charge in [0.05, 0.1) is 18.1 Å². The van der Waals surface area contributed by atoms with Crippen molar-refractivity contribution in [3.05, 3.63) is 46.3 Å². The van der Waals surface area contributed by atoms with E-state index in [-0.39, 0.29) is 17.1 Å². The van der Waals surface area contributed by atoms with E-state index in [1.54, 1.807) is 13.2 Å². The van der Waals surface area contributed by atoms with Crippen LogP contribution >= 0.6 is 0 Å². The average molecular weight is 276 g/mol. The number of rotatable bonds is 4. The highest BCUT2D eigenvalue weighted by Gasteiger charge is 2.18. The molecule has 1 N–H and O–H groups in total. The molecule has 2 rings (SSSR count). The molecule has 0 saturated carbocycles. The minimum atomic E-state index is -0.587. The highest BCUT2D eigenvalue weighted by Crippen LogP contribution is 2.29. The number of aromatic nitrogens is 2. The van der Waals surface area contributed by atoms with Gasteiger partial charge >= 0.3 is 0 Å². The van der Waals surface area contributed by atoms with E-state index in [0.717, 1.165) is 0 Å². The van der Waals surface area contributed by atoms with Gasteiger partial charge in [-0.1, -0.05) is 0 Å². The van der Waals surface area contributed by atoms with Crippen molar-refractivity contribution < 1.29 is 14.5 Å². The van der Waals surface area contributed by atoms with E-state index in [1.165, 1.54) is 36.1 Å². The number of nitrogens with zero attached hydrogens (tertiary/aromatic N) is 3. The maximum atomic E-state index is 11.9. The van der Waals surface area contributed by atoms with Crippen LogP contribution in [0, 0.1) is 10.1 Å². The first kappa shape index (κ1) is 13.5. The number of nitro benzene ring substituents is 1. The summed E-state index contributed by atoms with van der Waals surface area (Å²) in [5.74, 6) is -0.175. The average Bonchev–Trinajstić information content (AvgIpc) is 2.85. The minimum Gasteiger partial charge on any atom is -0.496 e. The van der Waals surface area contributed by atoms with Crippen LogP contribution in [0.1, 0.15) is 10.5 Å². The van der Waals surface area contributed by atoms with Crippen LogP contribution in [-0.2, 0) is 7.05 Å². The van der Waals surface area contributed by atoms with E-state index in [9.17, 15) is 14.9 Å². The molecule has 1 aromatic carbocycles. The van der Waals surface area contributed by atoms with E-state index >= 15 is 0 Å². The van der Waals surface area contributed by atoms with Gasteiger partial charge in [-0.25, -0.2) is 0 Å². The molecule has 104 valence electrons. The van der Waals surface area contributed by atoms with Gasteiger partial charge in [0, 0.05) is 13.2 Å². The lowest BCUT2D eigenvalue weighted by Gasteiger charge is -2.06. The Hall–Kier alpha value is -2.90. The van der Waals surface area contributed by atoms with E-state index in [1.807, 2.05) is 0 Å². The highest BCUT2D eigenvalue weighted by atomic mass is 16.6. The van der Waals surface area contributed by atoms with Gasteiger partial charge in [0.2, 0.25) is 0 Å². The van der Waals surface area contributed by atoms with Crippen molar-refractivity contribution in [2.45, 2.75) is 0 Å². The molecule has 0 radical (unpaired) electrons. The second kappa shape index (κ2) is 5.39. The lowest BCUT2D eigenvalue weighted by Crippen LogP contribution is -2.14. The number of nitro groups is 1. The van der Waals surface area contributed by atoms with E-state index < -0.39 is 10.8 Å². The Morgan fingerprint density at radius 3 is 2.75 bits per heavy atom. The Morgan fingerprint density at radius 1 is 1.45 bits per heavy atom. The number of carbonyl (C=O) groups is 1. The number of methoxy groups -OCH3 is 1. The zero-order valence-corrected chi connectivity index (χ0v) is 10.9. The number of amides is 1. The second-order valence-electron chi connectivity index (χ2n) is 3.97. The van der Waals surface area contributed by atoms with Crippen LogP contribution in [0.4, 0.5) is 11.4 Å². The van der Waals surface area contributed by atoms with Crippen LogP contribution in [0.25, 0.3) is 0 Å². The Kier molecular flexibility index (Phi) is 3.65. The smallest absolute Gasteiger partial charge is 0.296 e. The fourth-order valence-corrected chi connectivity index (χ4v) is 1.62. The maximum absolute atomic E-state index is 11.9. The third-order valence-electron chi connectivity index (χ3n) is 2.60. The van der Waals surface area contributed by atoms with E-state index in [2.05, 4.69) is 10.4 Å². The van der Waals surface area contributed by atoms with E-state index in [0.29, 0.717) is 5.75 Å². The molecule has 1 heterocycles. The quantitative estimate of drug-likeness (QED) is 0.675. The van der Waals surface area contributed by atoms with Crippen LogP contribution in [0.15, 0.2) is 30.5 Å². The van der Waals surface area contributed by atoms with Crippen molar-refractivity contribution in [3.63, 3.8) is 0 Å². The van der Waals surface area contributed by atoms with Crippen LogP contribution < -0.4 is 10.1 Å². The molecule has 0 unspecified atom stereocenters. The monoisotopic (exact) mass is 276 g/mol. The molecule has 0 spiro atoms. The van der Waals surface area contributed by atoms with Crippen LogP contribution in [-0.4, -0.2) is 27.7 Å². The number of carbonyl (C=O) groups excluding carboxylic acids is 1. The largest absolute Gasteiger partial charge is 0.496 e. The van der Waals surface area contributed by atoms with Gasteiger partial charge in [-0.2, -0.15) is 5.10 Å². The molecule has 2 aromatic rings. The molecule has 0 saturated heterocycles. The normalized spacial score (nSPS) is 10.1. The molecular weight excluding hydrogens is 264 g/mol. The number of anilines is 1. The van der Waals surface area contributed by atoms with Crippen molar-refractivity contribution in [3.8, 4) is 5.75 Å². The SMILES string of the molecule is COc1ccc(NC(=O)c2ccn(C)n2)c([N+](=O)[O-])c1. The Labute approximate surface area is 114 Å². The summed E-state index contributed by atoms with van der Waals surface area (Å²) >= 11 is 0. The lowest BCUT2D eigenvalue weighted by atomic mass is 10.2. The lowest BCUT2D eigenvalue weighted by molar-refractivity contribution is -0.384. The van der Waals surface area contributed by atoms with Gasteiger partial charge in [-0.05, 0) is 18.2 Å². The predicted molar refractivity (Wildman–Crippen MR) is 70.8 cm³/mol. The highest BCUT2D eigenvalue weighted by molar-refractivity contribution is 6.04. The van der Waals surface area contributed by atoms with Crippen molar-refractivity contribution in [1.29, 1.82) is 0 Å². The number of nitrogens with one attached hydrogen (secondary N) is 1. The summed E-state index contributed by atoms with van der Waals surface area (Å²) in [5, 5.41) is 17.4. The van der Waals surface area contributed by atoms with Gasteiger partial charge in [0.25, 0.3) is 11.6 Å².